The lowest BCUT2D eigenvalue weighted by Gasteiger charge is -2.11. The molecule has 2 aromatic heterocycles. The first-order valence-electron chi connectivity index (χ1n) is 7.52. The van der Waals surface area contributed by atoms with E-state index in [1.54, 1.807) is 6.07 Å². The van der Waals surface area contributed by atoms with Crippen molar-refractivity contribution in [1.82, 2.24) is 18.9 Å². The lowest BCUT2D eigenvalue weighted by Crippen LogP contribution is -2.38. The molecule has 0 aromatic carbocycles. The quantitative estimate of drug-likeness (QED) is 0.786. The summed E-state index contributed by atoms with van der Waals surface area (Å²) in [6.45, 7) is -0.289. The van der Waals surface area contributed by atoms with E-state index >= 15 is 0 Å². The molecule has 1 N–H and O–H groups in total. The molecule has 1 aliphatic rings. The molecule has 2 heterocycles. The van der Waals surface area contributed by atoms with Crippen molar-refractivity contribution in [1.29, 1.82) is 0 Å². The van der Waals surface area contributed by atoms with Crippen molar-refractivity contribution in [2.45, 2.75) is 25.3 Å². The highest BCUT2D eigenvalue weighted by molar-refractivity contribution is 5.89. The Hall–Kier alpha value is -2.97. The minimum atomic E-state index is -0.552. The highest BCUT2D eigenvalue weighted by Gasteiger charge is 2.25. The molecule has 9 nitrogen and oxygen atoms in total. The van der Waals surface area contributed by atoms with Crippen LogP contribution in [-0.2, 0) is 25.4 Å². The average Bonchev–Trinajstić information content (AvgIpc) is 3.37. The SMILES string of the molecule is Cn1c(NC(=O)Cn2nc(C3CC3)ccc2=O)cc(=O)n(C)c1=O. The summed E-state index contributed by atoms with van der Waals surface area (Å²) < 4.78 is 3.17. The molecule has 0 saturated heterocycles. The number of amides is 1. The normalized spacial score (nSPS) is 13.8. The largest absolute Gasteiger partial charge is 0.332 e. The second-order valence-corrected chi connectivity index (χ2v) is 5.84. The van der Waals surface area contributed by atoms with Gasteiger partial charge in [0.1, 0.15) is 12.4 Å². The summed E-state index contributed by atoms with van der Waals surface area (Å²) in [7, 11) is 2.79. The Balaban J connectivity index is 1.82. The Morgan fingerprint density at radius 1 is 1.17 bits per heavy atom. The number of carbonyl (C=O) groups excluding carboxylic acids is 1. The van der Waals surface area contributed by atoms with Gasteiger partial charge in [0, 0.05) is 32.1 Å². The van der Waals surface area contributed by atoms with Crippen LogP contribution >= 0.6 is 0 Å². The maximum absolute atomic E-state index is 12.2. The number of aromatic nitrogens is 4. The Morgan fingerprint density at radius 2 is 1.88 bits per heavy atom. The summed E-state index contributed by atoms with van der Waals surface area (Å²) in [6.07, 6.45) is 2.07. The van der Waals surface area contributed by atoms with E-state index in [9.17, 15) is 19.2 Å². The average molecular weight is 331 g/mol. The Morgan fingerprint density at radius 3 is 2.54 bits per heavy atom. The zero-order chi connectivity index (χ0) is 17.4. The van der Waals surface area contributed by atoms with E-state index in [2.05, 4.69) is 10.4 Å². The minimum Gasteiger partial charge on any atom is -0.310 e. The van der Waals surface area contributed by atoms with Crippen molar-refractivity contribution in [3.05, 3.63) is 55.1 Å². The molecule has 0 aliphatic heterocycles. The topological polar surface area (TPSA) is 108 Å². The van der Waals surface area contributed by atoms with Gasteiger partial charge in [-0.15, -0.1) is 0 Å². The maximum Gasteiger partial charge on any atom is 0.332 e. The van der Waals surface area contributed by atoms with Crippen molar-refractivity contribution in [3.63, 3.8) is 0 Å². The number of nitrogens with one attached hydrogen (secondary N) is 1. The van der Waals surface area contributed by atoms with E-state index in [0.29, 0.717) is 5.92 Å². The predicted molar refractivity (Wildman–Crippen MR) is 86.0 cm³/mol. The second-order valence-electron chi connectivity index (χ2n) is 5.84. The third kappa shape index (κ3) is 3.05. The molecule has 0 radical (unpaired) electrons. The zero-order valence-electron chi connectivity index (χ0n) is 13.4. The number of hydrogen-bond donors (Lipinski definition) is 1. The van der Waals surface area contributed by atoms with Gasteiger partial charge in [0.2, 0.25) is 5.91 Å². The molecule has 126 valence electrons. The lowest BCUT2D eigenvalue weighted by atomic mass is 10.3. The Bertz CT molecular complexity index is 981. The molecular formula is C15H17N5O4. The van der Waals surface area contributed by atoms with Gasteiger partial charge < -0.3 is 5.32 Å². The molecule has 1 saturated carbocycles. The van der Waals surface area contributed by atoms with Gasteiger partial charge in [0.25, 0.3) is 11.1 Å². The van der Waals surface area contributed by atoms with Gasteiger partial charge in [-0.05, 0) is 18.9 Å². The van der Waals surface area contributed by atoms with Gasteiger partial charge >= 0.3 is 5.69 Å². The fourth-order valence-electron chi connectivity index (χ4n) is 2.35. The number of rotatable bonds is 4. The van der Waals surface area contributed by atoms with Crippen molar-refractivity contribution in [2.75, 3.05) is 5.32 Å². The third-order valence-corrected chi connectivity index (χ3v) is 3.97. The monoisotopic (exact) mass is 331 g/mol. The molecule has 9 heteroatoms. The molecule has 0 spiro atoms. The van der Waals surface area contributed by atoms with E-state index in [-0.39, 0.29) is 17.9 Å². The molecule has 24 heavy (non-hydrogen) atoms. The molecule has 2 aromatic rings. The van der Waals surface area contributed by atoms with Crippen LogP contribution in [0.1, 0.15) is 24.5 Å². The van der Waals surface area contributed by atoms with Crippen molar-refractivity contribution < 1.29 is 4.79 Å². The summed E-state index contributed by atoms with van der Waals surface area (Å²) in [6, 6.07) is 4.22. The highest BCUT2D eigenvalue weighted by atomic mass is 16.2. The fraction of sp³-hybridized carbons (Fsp3) is 0.400. The zero-order valence-corrected chi connectivity index (χ0v) is 13.4. The lowest BCUT2D eigenvalue weighted by molar-refractivity contribution is -0.117. The number of nitrogens with zero attached hydrogens (tertiary/aromatic N) is 4. The smallest absolute Gasteiger partial charge is 0.310 e. The van der Waals surface area contributed by atoms with Crippen LogP contribution in [0.15, 0.2) is 32.6 Å². The predicted octanol–water partition coefficient (Wildman–Crippen LogP) is -0.843. The maximum atomic E-state index is 12.2. The van der Waals surface area contributed by atoms with Crippen molar-refractivity contribution in [3.8, 4) is 0 Å². The summed E-state index contributed by atoms with van der Waals surface area (Å²) in [5.74, 6) is -0.113. The summed E-state index contributed by atoms with van der Waals surface area (Å²) in [5, 5.41) is 6.67. The first-order valence-corrected chi connectivity index (χ1v) is 7.52. The first-order chi connectivity index (χ1) is 11.4. The molecule has 1 aliphatic carbocycles. The van der Waals surface area contributed by atoms with Crippen LogP contribution < -0.4 is 22.1 Å². The molecule has 0 unspecified atom stereocenters. The Labute approximate surface area is 136 Å². The molecule has 1 fully saturated rings. The number of anilines is 1. The second kappa shape index (κ2) is 5.91. The molecule has 3 rings (SSSR count). The Kier molecular flexibility index (Phi) is 3.92. The van der Waals surface area contributed by atoms with Gasteiger partial charge in [-0.3, -0.25) is 23.5 Å². The molecular weight excluding hydrogens is 314 g/mol. The van der Waals surface area contributed by atoms with Gasteiger partial charge in [-0.1, -0.05) is 0 Å². The van der Waals surface area contributed by atoms with Crippen LogP contribution in [-0.4, -0.2) is 24.8 Å². The molecule has 0 atom stereocenters. The van der Waals surface area contributed by atoms with Gasteiger partial charge in [-0.2, -0.15) is 5.10 Å². The summed E-state index contributed by atoms with van der Waals surface area (Å²) >= 11 is 0. The first kappa shape index (κ1) is 15.9. The van der Waals surface area contributed by atoms with Crippen LogP contribution in [0.4, 0.5) is 5.82 Å². The standard InChI is InChI=1S/C15H17N5O4/c1-18-11(7-14(23)19(2)15(18)24)16-12(21)8-20-13(22)6-5-10(17-20)9-3-4-9/h5-7,9H,3-4,8H2,1-2H3,(H,16,21). The van der Waals surface area contributed by atoms with Crippen LogP contribution in [0, 0.1) is 0 Å². The van der Waals surface area contributed by atoms with Crippen molar-refractivity contribution in [2.24, 2.45) is 14.1 Å². The third-order valence-electron chi connectivity index (χ3n) is 3.97. The summed E-state index contributed by atoms with van der Waals surface area (Å²) in [4.78, 5) is 47.5. The number of carbonyl (C=O) groups is 1. The molecule has 0 bridgehead atoms. The molecule has 1 amide bonds. The van der Waals surface area contributed by atoms with E-state index in [1.807, 2.05) is 0 Å². The fourth-order valence-corrected chi connectivity index (χ4v) is 2.35. The summed E-state index contributed by atoms with van der Waals surface area (Å²) in [5.41, 5.74) is -0.668. The van der Waals surface area contributed by atoms with E-state index < -0.39 is 17.2 Å². The number of hydrogen-bond acceptors (Lipinski definition) is 5. The van der Waals surface area contributed by atoms with Crippen LogP contribution in [0.2, 0.25) is 0 Å². The minimum absolute atomic E-state index is 0.0690. The van der Waals surface area contributed by atoms with E-state index in [1.165, 1.54) is 20.2 Å². The van der Waals surface area contributed by atoms with Crippen molar-refractivity contribution >= 4 is 11.7 Å². The van der Waals surface area contributed by atoms with Crippen LogP contribution in [0.25, 0.3) is 0 Å². The van der Waals surface area contributed by atoms with E-state index in [0.717, 1.165) is 38.4 Å². The van der Waals surface area contributed by atoms with Crippen LogP contribution in [0.5, 0.6) is 0 Å². The van der Waals surface area contributed by atoms with Gasteiger partial charge in [0.15, 0.2) is 0 Å². The van der Waals surface area contributed by atoms with Crippen LogP contribution in [0.3, 0.4) is 0 Å². The van der Waals surface area contributed by atoms with Gasteiger partial charge in [0.05, 0.1) is 5.69 Å². The van der Waals surface area contributed by atoms with E-state index in [4.69, 9.17) is 0 Å². The highest BCUT2D eigenvalue weighted by Crippen LogP contribution is 2.38. The van der Waals surface area contributed by atoms with Gasteiger partial charge in [-0.25, -0.2) is 9.48 Å².